The van der Waals surface area contributed by atoms with Gasteiger partial charge in [-0.1, -0.05) is 17.7 Å². The molecule has 1 aromatic carbocycles. The van der Waals surface area contributed by atoms with Crippen LogP contribution in [-0.2, 0) is 21.1 Å². The Hall–Kier alpha value is -2.45. The fourth-order valence-electron chi connectivity index (χ4n) is 2.32. The number of hydrogen-bond donors (Lipinski definition) is 1. The van der Waals surface area contributed by atoms with Crippen molar-refractivity contribution in [3.63, 3.8) is 0 Å². The molecule has 7 nitrogen and oxygen atoms in total. The summed E-state index contributed by atoms with van der Waals surface area (Å²) in [7, 11) is -3.70. The van der Waals surface area contributed by atoms with Crippen LogP contribution in [0.1, 0.15) is 5.82 Å². The van der Waals surface area contributed by atoms with Crippen molar-refractivity contribution in [2.45, 2.75) is 11.3 Å². The summed E-state index contributed by atoms with van der Waals surface area (Å²) in [5, 5.41) is 11.1. The first-order valence-corrected chi connectivity index (χ1v) is 9.52. The Morgan fingerprint density at radius 3 is 2.64 bits per heavy atom. The predicted octanol–water partition coefficient (Wildman–Crippen LogP) is 1.52. The van der Waals surface area contributed by atoms with E-state index in [2.05, 4.69) is 15.5 Å². The van der Waals surface area contributed by atoms with E-state index in [-0.39, 0.29) is 11.4 Å². The minimum Gasteiger partial charge on any atom is -0.355 e. The highest BCUT2D eigenvalue weighted by Crippen LogP contribution is 2.15. The Morgan fingerprint density at radius 1 is 1.12 bits per heavy atom. The third kappa shape index (κ3) is 4.15. The summed E-state index contributed by atoms with van der Waals surface area (Å²) in [6, 6.07) is 11.3. The van der Waals surface area contributed by atoms with Crippen molar-refractivity contribution in [3.8, 4) is 0 Å². The van der Waals surface area contributed by atoms with Gasteiger partial charge in [-0.05, 0) is 36.4 Å². The van der Waals surface area contributed by atoms with E-state index in [0.717, 1.165) is 0 Å². The van der Waals surface area contributed by atoms with Crippen LogP contribution < -0.4 is 5.32 Å². The molecule has 0 aliphatic heterocycles. The SMILES string of the molecule is O=C(CS(=O)(=O)c1ccc(Cl)cc1)NCCc1nnc2ccccn12. The first kappa shape index (κ1) is 17.4. The molecule has 0 spiro atoms. The largest absolute Gasteiger partial charge is 0.355 e. The van der Waals surface area contributed by atoms with E-state index in [1.165, 1.54) is 24.3 Å². The smallest absolute Gasteiger partial charge is 0.235 e. The third-order valence-electron chi connectivity index (χ3n) is 3.55. The summed E-state index contributed by atoms with van der Waals surface area (Å²) in [5.41, 5.74) is 0.717. The van der Waals surface area contributed by atoms with Crippen LogP contribution in [0.4, 0.5) is 0 Å². The van der Waals surface area contributed by atoms with Crippen LogP contribution in [0.2, 0.25) is 5.02 Å². The zero-order valence-corrected chi connectivity index (χ0v) is 14.7. The third-order valence-corrected chi connectivity index (χ3v) is 5.43. The summed E-state index contributed by atoms with van der Waals surface area (Å²) >= 11 is 5.74. The lowest BCUT2D eigenvalue weighted by atomic mass is 10.4. The van der Waals surface area contributed by atoms with E-state index in [1.807, 2.05) is 28.8 Å². The van der Waals surface area contributed by atoms with E-state index in [0.29, 0.717) is 22.9 Å². The number of halogens is 1. The van der Waals surface area contributed by atoms with Gasteiger partial charge in [0.1, 0.15) is 11.6 Å². The molecule has 0 radical (unpaired) electrons. The van der Waals surface area contributed by atoms with E-state index in [4.69, 9.17) is 11.6 Å². The van der Waals surface area contributed by atoms with Gasteiger partial charge >= 0.3 is 0 Å². The number of nitrogens with zero attached hydrogens (tertiary/aromatic N) is 3. The van der Waals surface area contributed by atoms with E-state index in [9.17, 15) is 13.2 Å². The van der Waals surface area contributed by atoms with Crippen molar-refractivity contribution >= 4 is 33.0 Å². The van der Waals surface area contributed by atoms with Crippen molar-refractivity contribution < 1.29 is 13.2 Å². The Bertz CT molecular complexity index is 1000. The average molecular weight is 379 g/mol. The lowest BCUT2D eigenvalue weighted by Gasteiger charge is -2.06. The molecule has 0 fully saturated rings. The second-order valence-electron chi connectivity index (χ2n) is 5.36. The quantitative estimate of drug-likeness (QED) is 0.701. The van der Waals surface area contributed by atoms with Gasteiger partial charge in [0, 0.05) is 24.2 Å². The standard InChI is InChI=1S/C16H15ClN4O3S/c17-12-4-6-13(7-5-12)25(23,24)11-16(22)18-9-8-15-20-19-14-3-1-2-10-21(14)15/h1-7,10H,8-9,11H2,(H,18,22). The molecule has 0 atom stereocenters. The van der Waals surface area contributed by atoms with Crippen LogP contribution in [0.15, 0.2) is 53.6 Å². The predicted molar refractivity (Wildman–Crippen MR) is 93.2 cm³/mol. The van der Waals surface area contributed by atoms with Crippen molar-refractivity contribution in [3.05, 3.63) is 59.5 Å². The maximum atomic E-state index is 12.2. The Morgan fingerprint density at radius 2 is 1.88 bits per heavy atom. The summed E-state index contributed by atoms with van der Waals surface area (Å²) in [6.45, 7) is 0.269. The second kappa shape index (κ2) is 7.20. The van der Waals surface area contributed by atoms with Gasteiger partial charge in [-0.25, -0.2) is 8.42 Å². The first-order valence-electron chi connectivity index (χ1n) is 7.49. The van der Waals surface area contributed by atoms with Gasteiger partial charge in [0.15, 0.2) is 15.5 Å². The van der Waals surface area contributed by atoms with Gasteiger partial charge in [0.2, 0.25) is 5.91 Å². The minimum absolute atomic E-state index is 0.0653. The Balaban J connectivity index is 1.57. The summed E-state index contributed by atoms with van der Waals surface area (Å²) < 4.78 is 26.2. The molecular formula is C16H15ClN4O3S. The minimum atomic E-state index is -3.70. The number of pyridine rings is 1. The zero-order valence-electron chi connectivity index (χ0n) is 13.1. The van der Waals surface area contributed by atoms with Crippen molar-refractivity contribution in [1.82, 2.24) is 19.9 Å². The van der Waals surface area contributed by atoms with E-state index in [1.54, 1.807) is 0 Å². The van der Waals surface area contributed by atoms with Crippen LogP contribution in [0.3, 0.4) is 0 Å². The number of nitrogens with one attached hydrogen (secondary N) is 1. The molecule has 1 amide bonds. The van der Waals surface area contributed by atoms with E-state index < -0.39 is 21.5 Å². The highest BCUT2D eigenvalue weighted by atomic mass is 35.5. The number of sulfone groups is 1. The molecule has 1 N–H and O–H groups in total. The number of fused-ring (bicyclic) bond motifs is 1. The second-order valence-corrected chi connectivity index (χ2v) is 7.78. The summed E-state index contributed by atoms with van der Waals surface area (Å²) in [5.74, 6) is -0.491. The van der Waals surface area contributed by atoms with Gasteiger partial charge in [-0.2, -0.15) is 0 Å². The highest BCUT2D eigenvalue weighted by molar-refractivity contribution is 7.92. The van der Waals surface area contributed by atoms with Crippen molar-refractivity contribution in [2.24, 2.45) is 0 Å². The van der Waals surface area contributed by atoms with E-state index >= 15 is 0 Å². The number of aromatic nitrogens is 3. The van der Waals surface area contributed by atoms with Crippen LogP contribution >= 0.6 is 11.6 Å². The topological polar surface area (TPSA) is 93.4 Å². The fraction of sp³-hybridized carbons (Fsp3) is 0.188. The van der Waals surface area contributed by atoms with Crippen LogP contribution in [-0.4, -0.2) is 41.2 Å². The van der Waals surface area contributed by atoms with Crippen LogP contribution in [0, 0.1) is 0 Å². The molecular weight excluding hydrogens is 364 g/mol. The molecule has 0 aliphatic carbocycles. The number of hydrogen-bond acceptors (Lipinski definition) is 5. The molecule has 25 heavy (non-hydrogen) atoms. The number of carbonyl (C=O) groups is 1. The highest BCUT2D eigenvalue weighted by Gasteiger charge is 2.19. The Kier molecular flexibility index (Phi) is 5.00. The molecule has 3 aromatic rings. The van der Waals surface area contributed by atoms with Crippen LogP contribution in [0.25, 0.3) is 5.65 Å². The molecule has 0 saturated heterocycles. The summed E-state index contributed by atoms with van der Waals surface area (Å²) in [6.07, 6.45) is 2.27. The van der Waals surface area contributed by atoms with Gasteiger partial charge < -0.3 is 5.32 Å². The maximum absolute atomic E-state index is 12.2. The number of carbonyl (C=O) groups excluding carboxylic acids is 1. The molecule has 0 unspecified atom stereocenters. The molecule has 0 aliphatic rings. The molecule has 9 heteroatoms. The summed E-state index contributed by atoms with van der Waals surface area (Å²) in [4.78, 5) is 12.0. The van der Waals surface area contributed by atoms with Crippen LogP contribution in [0.5, 0.6) is 0 Å². The average Bonchev–Trinajstić information content (AvgIpc) is 2.98. The number of rotatable bonds is 6. The molecule has 0 saturated carbocycles. The lowest BCUT2D eigenvalue weighted by molar-refractivity contribution is -0.118. The normalized spacial score (nSPS) is 11.6. The molecule has 2 heterocycles. The molecule has 3 rings (SSSR count). The zero-order chi connectivity index (χ0) is 17.9. The van der Waals surface area contributed by atoms with Gasteiger partial charge in [-0.15, -0.1) is 10.2 Å². The van der Waals surface area contributed by atoms with Gasteiger partial charge in [-0.3, -0.25) is 9.20 Å². The number of amides is 1. The monoisotopic (exact) mass is 378 g/mol. The molecule has 130 valence electrons. The molecule has 2 aromatic heterocycles. The van der Waals surface area contributed by atoms with Crippen molar-refractivity contribution in [2.75, 3.05) is 12.3 Å². The first-order chi connectivity index (χ1) is 12.0. The Labute approximate surface area is 149 Å². The van der Waals surface area contributed by atoms with Gasteiger partial charge in [0.25, 0.3) is 0 Å². The van der Waals surface area contributed by atoms with Gasteiger partial charge in [0.05, 0.1) is 4.90 Å². The maximum Gasteiger partial charge on any atom is 0.235 e. The molecule has 0 bridgehead atoms. The fourth-order valence-corrected chi connectivity index (χ4v) is 3.61. The van der Waals surface area contributed by atoms with Crippen molar-refractivity contribution in [1.29, 1.82) is 0 Å². The lowest BCUT2D eigenvalue weighted by Crippen LogP contribution is -2.32. The number of benzene rings is 1.